The second-order valence-corrected chi connectivity index (χ2v) is 4.05. The number of quaternary nitrogens is 1. The minimum Gasteiger partial charge on any atom is -0.498 e. The third-order valence-electron chi connectivity index (χ3n) is 2.31. The number of carbonyl (C=O) groups excluding carboxylic acids is 1. The zero-order valence-electron chi connectivity index (χ0n) is 9.88. The maximum atomic E-state index is 10.9. The molecule has 16 heavy (non-hydrogen) atoms. The standard InChI is InChI=1S/C9H16N4O3/c1-7(5-16-4)12-6-10-8(11-12)13(2,3)9(14)15/h6-7H,5H2,1-4H3. The normalized spacial score (nSPS) is 13.8. The van der Waals surface area contributed by atoms with Gasteiger partial charge in [-0.3, -0.25) is 0 Å². The molecule has 0 bridgehead atoms. The van der Waals surface area contributed by atoms with Gasteiger partial charge >= 0.3 is 5.95 Å². The second kappa shape index (κ2) is 4.58. The molecule has 1 amide bonds. The number of amides is 1. The lowest BCUT2D eigenvalue weighted by molar-refractivity contribution is -0.261. The fraction of sp³-hybridized carbons (Fsp3) is 0.667. The van der Waals surface area contributed by atoms with Crippen molar-refractivity contribution in [1.82, 2.24) is 19.2 Å². The van der Waals surface area contributed by atoms with Crippen molar-refractivity contribution in [2.24, 2.45) is 0 Å². The average molecular weight is 228 g/mol. The van der Waals surface area contributed by atoms with Crippen LogP contribution in [0.5, 0.6) is 0 Å². The van der Waals surface area contributed by atoms with Crippen molar-refractivity contribution in [2.45, 2.75) is 13.0 Å². The molecule has 0 saturated heterocycles. The van der Waals surface area contributed by atoms with Gasteiger partial charge in [0, 0.05) is 7.11 Å². The molecule has 0 radical (unpaired) electrons. The molecule has 0 N–H and O–H groups in total. The molecule has 1 aromatic heterocycles. The van der Waals surface area contributed by atoms with E-state index in [1.54, 1.807) is 11.8 Å². The summed E-state index contributed by atoms with van der Waals surface area (Å²) in [7, 11) is 4.50. The Morgan fingerprint density at radius 3 is 2.81 bits per heavy atom. The lowest BCUT2D eigenvalue weighted by Gasteiger charge is -2.23. The molecule has 7 nitrogen and oxygen atoms in total. The van der Waals surface area contributed by atoms with Gasteiger partial charge in [-0.15, -0.1) is 0 Å². The monoisotopic (exact) mass is 228 g/mol. The predicted molar refractivity (Wildman–Crippen MR) is 55.6 cm³/mol. The Labute approximate surface area is 93.9 Å². The summed E-state index contributed by atoms with van der Waals surface area (Å²) in [5.41, 5.74) is 0. The summed E-state index contributed by atoms with van der Waals surface area (Å²) in [6, 6.07) is 0.00741. The highest BCUT2D eigenvalue weighted by Crippen LogP contribution is 2.13. The molecule has 0 aromatic carbocycles. The number of aromatic nitrogens is 3. The van der Waals surface area contributed by atoms with E-state index in [-0.39, 0.29) is 12.0 Å². The zero-order valence-corrected chi connectivity index (χ0v) is 9.88. The van der Waals surface area contributed by atoms with Gasteiger partial charge in [-0.05, 0) is 6.92 Å². The van der Waals surface area contributed by atoms with Crippen LogP contribution in [0, 0.1) is 0 Å². The number of methoxy groups -OCH3 is 1. The molecule has 0 aliphatic rings. The quantitative estimate of drug-likeness (QED) is 0.642. The van der Waals surface area contributed by atoms with Crippen molar-refractivity contribution in [1.29, 1.82) is 0 Å². The molecule has 0 saturated carbocycles. The predicted octanol–water partition coefficient (Wildman–Crippen LogP) is -0.604. The van der Waals surface area contributed by atoms with Gasteiger partial charge in [-0.25, -0.2) is 9.16 Å². The number of rotatable bonds is 4. The van der Waals surface area contributed by atoms with E-state index in [1.807, 2.05) is 6.92 Å². The highest BCUT2D eigenvalue weighted by Gasteiger charge is 2.27. The number of hydrogen-bond acceptors (Lipinski definition) is 5. The Kier molecular flexibility index (Phi) is 3.61. The Morgan fingerprint density at radius 2 is 2.31 bits per heavy atom. The van der Waals surface area contributed by atoms with Crippen LogP contribution in [0.3, 0.4) is 0 Å². The topological polar surface area (TPSA) is 80.1 Å². The van der Waals surface area contributed by atoms with Crippen LogP contribution in [0.25, 0.3) is 0 Å². The SMILES string of the molecule is COCC(C)n1cnc([N+](C)(C)C(=O)[O-])n1. The van der Waals surface area contributed by atoms with Gasteiger partial charge in [-0.2, -0.15) is 4.98 Å². The number of carboxylic acid groups (broad SMARTS) is 1. The molecule has 0 fully saturated rings. The fourth-order valence-corrected chi connectivity index (χ4v) is 1.13. The number of nitrogens with zero attached hydrogens (tertiary/aromatic N) is 4. The van der Waals surface area contributed by atoms with Crippen LogP contribution in [0.2, 0.25) is 0 Å². The minimum absolute atomic E-state index is 0.00741. The number of hydrogen-bond donors (Lipinski definition) is 0. The first kappa shape index (κ1) is 12.6. The molecule has 1 unspecified atom stereocenters. The Hall–Kier alpha value is -1.47. The largest absolute Gasteiger partial charge is 0.498 e. The van der Waals surface area contributed by atoms with Gasteiger partial charge in [0.25, 0.3) is 6.09 Å². The first-order valence-electron chi connectivity index (χ1n) is 4.85. The minimum atomic E-state index is -1.25. The lowest BCUT2D eigenvalue weighted by atomic mass is 10.4. The average Bonchev–Trinajstić information content (AvgIpc) is 2.67. The van der Waals surface area contributed by atoms with Crippen LogP contribution >= 0.6 is 0 Å². The first-order chi connectivity index (χ1) is 7.39. The van der Waals surface area contributed by atoms with Crippen LogP contribution in [0.15, 0.2) is 6.33 Å². The van der Waals surface area contributed by atoms with Gasteiger partial charge in [0.15, 0.2) is 0 Å². The highest BCUT2D eigenvalue weighted by molar-refractivity contribution is 5.74. The third-order valence-corrected chi connectivity index (χ3v) is 2.31. The highest BCUT2D eigenvalue weighted by atomic mass is 16.5. The van der Waals surface area contributed by atoms with E-state index >= 15 is 0 Å². The maximum absolute atomic E-state index is 10.9. The summed E-state index contributed by atoms with van der Waals surface area (Å²) in [4.78, 5) is 14.8. The molecular weight excluding hydrogens is 212 g/mol. The molecule has 0 aliphatic carbocycles. The van der Waals surface area contributed by atoms with E-state index in [4.69, 9.17) is 4.74 Å². The van der Waals surface area contributed by atoms with Crippen molar-refractivity contribution in [3.63, 3.8) is 0 Å². The van der Waals surface area contributed by atoms with Crippen LogP contribution < -0.4 is 9.59 Å². The van der Waals surface area contributed by atoms with Crippen molar-refractivity contribution in [3.05, 3.63) is 6.33 Å². The second-order valence-electron chi connectivity index (χ2n) is 4.05. The summed E-state index contributed by atoms with van der Waals surface area (Å²) < 4.78 is 6.04. The Balaban J connectivity index is 2.90. The van der Waals surface area contributed by atoms with E-state index in [9.17, 15) is 9.90 Å². The van der Waals surface area contributed by atoms with Crippen molar-refractivity contribution in [2.75, 3.05) is 27.8 Å². The summed E-state index contributed by atoms with van der Waals surface area (Å²) in [6.45, 7) is 2.39. The maximum Gasteiger partial charge on any atom is 0.353 e. The van der Waals surface area contributed by atoms with Gasteiger partial charge < -0.3 is 14.6 Å². The van der Waals surface area contributed by atoms with Gasteiger partial charge in [0.1, 0.15) is 6.33 Å². The van der Waals surface area contributed by atoms with Gasteiger partial charge in [0.2, 0.25) is 0 Å². The van der Waals surface area contributed by atoms with E-state index in [0.29, 0.717) is 6.61 Å². The van der Waals surface area contributed by atoms with E-state index in [1.165, 1.54) is 20.4 Å². The molecule has 0 spiro atoms. The van der Waals surface area contributed by atoms with Crippen molar-refractivity contribution in [3.8, 4) is 0 Å². The molecule has 1 aromatic rings. The van der Waals surface area contributed by atoms with Crippen molar-refractivity contribution >= 4 is 12.0 Å². The fourth-order valence-electron chi connectivity index (χ4n) is 1.13. The molecule has 1 heterocycles. The van der Waals surface area contributed by atoms with Crippen molar-refractivity contribution < 1.29 is 14.6 Å². The van der Waals surface area contributed by atoms with Gasteiger partial charge in [-0.1, -0.05) is 5.10 Å². The molecule has 90 valence electrons. The summed E-state index contributed by atoms with van der Waals surface area (Å²) in [6.07, 6.45) is 0.235. The van der Waals surface area contributed by atoms with Crippen LogP contribution in [-0.2, 0) is 4.74 Å². The molecule has 1 rings (SSSR count). The Bertz CT molecular complexity index is 375. The number of carbonyl (C=O) groups is 1. The van der Waals surface area contributed by atoms with Crippen LogP contribution in [0.1, 0.15) is 13.0 Å². The van der Waals surface area contributed by atoms with Crippen LogP contribution in [0.4, 0.5) is 10.7 Å². The van der Waals surface area contributed by atoms with E-state index in [0.717, 1.165) is 0 Å². The zero-order chi connectivity index (χ0) is 12.3. The summed E-state index contributed by atoms with van der Waals surface area (Å²) in [5, 5.41) is 15.0. The molecule has 7 heteroatoms. The molecular formula is C9H16N4O3. The lowest BCUT2D eigenvalue weighted by Crippen LogP contribution is -2.54. The summed E-state index contributed by atoms with van der Waals surface area (Å²) >= 11 is 0. The van der Waals surface area contributed by atoms with Crippen LogP contribution in [-0.4, -0.2) is 48.7 Å². The Morgan fingerprint density at radius 1 is 1.69 bits per heavy atom. The third kappa shape index (κ3) is 2.37. The molecule has 1 atom stereocenters. The van der Waals surface area contributed by atoms with E-state index in [2.05, 4.69) is 10.1 Å². The number of ether oxygens (including phenoxy) is 1. The van der Waals surface area contributed by atoms with E-state index < -0.39 is 10.6 Å². The van der Waals surface area contributed by atoms with Gasteiger partial charge in [0.05, 0.1) is 26.7 Å². The first-order valence-corrected chi connectivity index (χ1v) is 4.85. The summed E-state index contributed by atoms with van der Waals surface area (Å²) in [5.74, 6) is 0.183. The smallest absolute Gasteiger partial charge is 0.353 e. The molecule has 0 aliphatic heterocycles.